The van der Waals surface area contributed by atoms with Crippen molar-refractivity contribution < 1.29 is 4.79 Å². The van der Waals surface area contributed by atoms with Crippen molar-refractivity contribution >= 4 is 17.7 Å². The lowest BCUT2D eigenvalue weighted by Crippen LogP contribution is -2.30. The van der Waals surface area contributed by atoms with Crippen LogP contribution in [0.2, 0.25) is 0 Å². The Morgan fingerprint density at radius 1 is 1.10 bits per heavy atom. The summed E-state index contributed by atoms with van der Waals surface area (Å²) in [4.78, 5) is 13.2. The van der Waals surface area contributed by atoms with Gasteiger partial charge < -0.3 is 5.32 Å². The van der Waals surface area contributed by atoms with Crippen molar-refractivity contribution in [2.75, 3.05) is 0 Å². The minimum absolute atomic E-state index is 0.0689. The van der Waals surface area contributed by atoms with Crippen LogP contribution in [0, 0.1) is 6.92 Å². The zero-order valence-corrected chi connectivity index (χ0v) is 12.6. The number of carbonyl (C=O) groups excluding carboxylic acids is 1. The van der Waals surface area contributed by atoms with Gasteiger partial charge in [0.1, 0.15) is 0 Å². The second kappa shape index (κ2) is 7.15. The molecule has 0 fully saturated rings. The zero-order chi connectivity index (χ0) is 14.4. The maximum absolute atomic E-state index is 12.1. The summed E-state index contributed by atoms with van der Waals surface area (Å²) in [6.45, 7) is 4.58. The molecule has 2 aromatic carbocycles. The minimum atomic E-state index is -0.0959. The average molecular weight is 285 g/mol. The molecule has 0 heterocycles. The first-order valence-corrected chi connectivity index (χ1v) is 7.58. The van der Waals surface area contributed by atoms with E-state index in [1.54, 1.807) is 11.8 Å². The summed E-state index contributed by atoms with van der Waals surface area (Å²) in [6, 6.07) is 18.2. The van der Waals surface area contributed by atoms with E-state index in [0.717, 1.165) is 10.5 Å². The quantitative estimate of drug-likeness (QED) is 0.847. The van der Waals surface area contributed by atoms with Gasteiger partial charge in [0, 0.05) is 11.4 Å². The summed E-state index contributed by atoms with van der Waals surface area (Å²) < 4.78 is 0. The predicted octanol–water partition coefficient (Wildman–Crippen LogP) is 3.79. The van der Waals surface area contributed by atoms with E-state index < -0.39 is 0 Å². The minimum Gasteiger partial charge on any atom is -0.351 e. The van der Waals surface area contributed by atoms with Gasteiger partial charge in [-0.05, 0) is 31.5 Å². The van der Waals surface area contributed by atoms with E-state index in [2.05, 4.69) is 36.5 Å². The fourth-order valence-electron chi connectivity index (χ4n) is 1.80. The third-order valence-corrected chi connectivity index (χ3v) is 4.12. The predicted molar refractivity (Wildman–Crippen MR) is 84.8 cm³/mol. The van der Waals surface area contributed by atoms with Crippen molar-refractivity contribution in [3.8, 4) is 0 Å². The molecule has 0 aliphatic carbocycles. The summed E-state index contributed by atoms with van der Waals surface area (Å²) in [5.41, 5.74) is 2.35. The van der Waals surface area contributed by atoms with Gasteiger partial charge >= 0.3 is 0 Å². The largest absolute Gasteiger partial charge is 0.351 e. The maximum atomic E-state index is 12.1. The molecule has 2 aromatic rings. The summed E-state index contributed by atoms with van der Waals surface area (Å²) in [5, 5.41) is 2.87. The van der Waals surface area contributed by atoms with E-state index >= 15 is 0 Å². The van der Waals surface area contributed by atoms with Crippen LogP contribution in [-0.2, 0) is 11.3 Å². The van der Waals surface area contributed by atoms with Gasteiger partial charge in [-0.25, -0.2) is 0 Å². The highest BCUT2D eigenvalue weighted by Gasteiger charge is 2.13. The summed E-state index contributed by atoms with van der Waals surface area (Å²) in [7, 11) is 0. The lowest BCUT2D eigenvalue weighted by atomic mass is 10.2. The molecular weight excluding hydrogens is 266 g/mol. The van der Waals surface area contributed by atoms with Crippen LogP contribution in [0.3, 0.4) is 0 Å². The van der Waals surface area contributed by atoms with Crippen LogP contribution < -0.4 is 5.32 Å². The van der Waals surface area contributed by atoms with E-state index in [4.69, 9.17) is 0 Å². The molecule has 0 spiro atoms. The Labute approximate surface area is 124 Å². The number of nitrogens with one attached hydrogen (secondary N) is 1. The van der Waals surface area contributed by atoms with E-state index in [1.165, 1.54) is 5.56 Å². The van der Waals surface area contributed by atoms with E-state index in [1.807, 2.05) is 37.3 Å². The van der Waals surface area contributed by atoms with Crippen molar-refractivity contribution in [1.82, 2.24) is 5.32 Å². The lowest BCUT2D eigenvalue weighted by molar-refractivity contribution is -0.120. The van der Waals surface area contributed by atoms with Gasteiger partial charge in [-0.15, -0.1) is 11.8 Å². The first kappa shape index (κ1) is 14.7. The highest BCUT2D eigenvalue weighted by molar-refractivity contribution is 8.00. The zero-order valence-electron chi connectivity index (χ0n) is 11.8. The molecule has 0 radical (unpaired) electrons. The lowest BCUT2D eigenvalue weighted by Gasteiger charge is -2.12. The number of carbonyl (C=O) groups is 1. The molecule has 2 nitrogen and oxygen atoms in total. The SMILES string of the molecule is Cc1ccc(S[C@H](C)C(=O)NCc2ccccc2)cc1. The second-order valence-electron chi connectivity index (χ2n) is 4.78. The topological polar surface area (TPSA) is 29.1 Å². The van der Waals surface area contributed by atoms with E-state index in [9.17, 15) is 4.79 Å². The first-order valence-electron chi connectivity index (χ1n) is 6.70. The second-order valence-corrected chi connectivity index (χ2v) is 6.19. The molecule has 0 unspecified atom stereocenters. The molecule has 20 heavy (non-hydrogen) atoms. The van der Waals surface area contributed by atoms with E-state index in [-0.39, 0.29) is 11.2 Å². The van der Waals surface area contributed by atoms with Gasteiger partial charge in [0.15, 0.2) is 0 Å². The Morgan fingerprint density at radius 3 is 2.40 bits per heavy atom. The molecule has 1 N–H and O–H groups in total. The van der Waals surface area contributed by atoms with Crippen molar-refractivity contribution in [3.05, 3.63) is 65.7 Å². The van der Waals surface area contributed by atoms with Crippen LogP contribution in [0.1, 0.15) is 18.1 Å². The molecule has 2 rings (SSSR count). The molecule has 0 aliphatic rings. The number of hydrogen-bond donors (Lipinski definition) is 1. The molecular formula is C17H19NOS. The number of hydrogen-bond acceptors (Lipinski definition) is 2. The fourth-order valence-corrected chi connectivity index (χ4v) is 2.70. The van der Waals surface area contributed by atoms with Crippen molar-refractivity contribution in [1.29, 1.82) is 0 Å². The smallest absolute Gasteiger partial charge is 0.233 e. The Kier molecular flexibility index (Phi) is 5.24. The Balaban J connectivity index is 1.84. The van der Waals surface area contributed by atoms with Crippen LogP contribution in [-0.4, -0.2) is 11.2 Å². The van der Waals surface area contributed by atoms with Crippen LogP contribution >= 0.6 is 11.8 Å². The van der Waals surface area contributed by atoms with E-state index in [0.29, 0.717) is 6.54 Å². The van der Waals surface area contributed by atoms with Crippen LogP contribution in [0.4, 0.5) is 0 Å². The van der Waals surface area contributed by atoms with Crippen molar-refractivity contribution in [2.45, 2.75) is 30.5 Å². The van der Waals surface area contributed by atoms with Gasteiger partial charge in [0.25, 0.3) is 0 Å². The number of aryl methyl sites for hydroxylation is 1. The van der Waals surface area contributed by atoms with Gasteiger partial charge in [0.05, 0.1) is 5.25 Å². The van der Waals surface area contributed by atoms with Crippen molar-refractivity contribution in [3.63, 3.8) is 0 Å². The normalized spacial score (nSPS) is 11.9. The molecule has 104 valence electrons. The van der Waals surface area contributed by atoms with Crippen LogP contribution in [0.5, 0.6) is 0 Å². The molecule has 0 aliphatic heterocycles. The van der Waals surface area contributed by atoms with Gasteiger partial charge in [-0.1, -0.05) is 48.0 Å². The highest BCUT2D eigenvalue weighted by Crippen LogP contribution is 2.23. The van der Waals surface area contributed by atoms with Crippen LogP contribution in [0.25, 0.3) is 0 Å². The van der Waals surface area contributed by atoms with Crippen LogP contribution in [0.15, 0.2) is 59.5 Å². The Morgan fingerprint density at radius 2 is 1.75 bits per heavy atom. The Hall–Kier alpha value is -1.74. The Bertz CT molecular complexity index is 551. The molecule has 0 aromatic heterocycles. The molecule has 0 saturated heterocycles. The monoisotopic (exact) mass is 285 g/mol. The van der Waals surface area contributed by atoms with Gasteiger partial charge in [-0.3, -0.25) is 4.79 Å². The van der Waals surface area contributed by atoms with Crippen molar-refractivity contribution in [2.24, 2.45) is 0 Å². The molecule has 3 heteroatoms. The number of benzene rings is 2. The summed E-state index contributed by atoms with van der Waals surface area (Å²) in [5.74, 6) is 0.0689. The molecule has 1 atom stereocenters. The van der Waals surface area contributed by atoms with Gasteiger partial charge in [-0.2, -0.15) is 0 Å². The molecule has 1 amide bonds. The third kappa shape index (κ3) is 4.42. The standard InChI is InChI=1S/C17H19NOS/c1-13-8-10-16(11-9-13)20-14(2)17(19)18-12-15-6-4-3-5-7-15/h3-11,14H,12H2,1-2H3,(H,18,19)/t14-/m1/s1. The highest BCUT2D eigenvalue weighted by atomic mass is 32.2. The summed E-state index contributed by atoms with van der Waals surface area (Å²) in [6.07, 6.45) is 0. The van der Waals surface area contributed by atoms with Gasteiger partial charge in [0.2, 0.25) is 5.91 Å². The number of amides is 1. The maximum Gasteiger partial charge on any atom is 0.233 e. The third-order valence-electron chi connectivity index (χ3n) is 3.01. The first-order chi connectivity index (χ1) is 9.65. The number of rotatable bonds is 5. The molecule has 0 saturated carbocycles. The molecule has 0 bridgehead atoms. The number of thioether (sulfide) groups is 1. The average Bonchev–Trinajstić information content (AvgIpc) is 2.48. The fraction of sp³-hybridized carbons (Fsp3) is 0.235. The summed E-state index contributed by atoms with van der Waals surface area (Å²) >= 11 is 1.58.